The van der Waals surface area contributed by atoms with Gasteiger partial charge in [0.25, 0.3) is 0 Å². The number of primary amides is 1. The van der Waals surface area contributed by atoms with E-state index >= 15 is 0 Å². The van der Waals surface area contributed by atoms with Gasteiger partial charge in [-0.3, -0.25) is 19.6 Å². The van der Waals surface area contributed by atoms with Crippen LogP contribution >= 0.6 is 0 Å². The van der Waals surface area contributed by atoms with E-state index in [1.807, 2.05) is 32.9 Å². The van der Waals surface area contributed by atoms with Gasteiger partial charge in [-0.1, -0.05) is 0 Å². The Balaban J connectivity index is 1.72. The van der Waals surface area contributed by atoms with Crippen molar-refractivity contribution in [3.63, 3.8) is 0 Å². The molecule has 2 aromatic rings. The molecule has 2 unspecified atom stereocenters. The van der Waals surface area contributed by atoms with Crippen molar-refractivity contribution in [1.29, 1.82) is 0 Å². The minimum Gasteiger partial charge on any atom is -0.459 e. The molecule has 2 aliphatic rings. The van der Waals surface area contributed by atoms with Gasteiger partial charge in [0, 0.05) is 64.8 Å². The third-order valence-electron chi connectivity index (χ3n) is 7.25. The van der Waals surface area contributed by atoms with E-state index in [1.54, 1.807) is 24.8 Å². The number of nitrogens with zero attached hydrogens (tertiary/aromatic N) is 6. The van der Waals surface area contributed by atoms with Gasteiger partial charge < -0.3 is 30.1 Å². The van der Waals surface area contributed by atoms with Crippen molar-refractivity contribution < 1.29 is 14.3 Å². The lowest BCUT2D eigenvalue weighted by Gasteiger charge is -2.35. The predicted octanol–water partition coefficient (Wildman–Crippen LogP) is 1.67. The topological polar surface area (TPSA) is 108 Å². The van der Waals surface area contributed by atoms with Crippen LogP contribution in [0.4, 0.5) is 11.4 Å². The maximum Gasteiger partial charge on any atom is 0.315 e. The summed E-state index contributed by atoms with van der Waals surface area (Å²) in [6, 6.07) is 3.88. The molecule has 2 N–H and O–H groups in total. The van der Waals surface area contributed by atoms with Crippen LogP contribution in [-0.4, -0.2) is 104 Å². The van der Waals surface area contributed by atoms with Crippen molar-refractivity contribution in [2.75, 3.05) is 76.3 Å². The summed E-state index contributed by atoms with van der Waals surface area (Å²) in [5, 5.41) is 0. The van der Waals surface area contributed by atoms with Crippen LogP contribution in [0.2, 0.25) is 0 Å². The van der Waals surface area contributed by atoms with Crippen molar-refractivity contribution in [3.05, 3.63) is 48.0 Å². The van der Waals surface area contributed by atoms with Gasteiger partial charge in [0.15, 0.2) is 0 Å². The minimum absolute atomic E-state index is 0.511. The monoisotopic (exact) mass is 523 g/mol. The molecule has 0 spiro atoms. The molecule has 38 heavy (non-hydrogen) atoms. The van der Waals surface area contributed by atoms with E-state index in [0.717, 1.165) is 63.7 Å². The number of aromatic nitrogens is 2. The molecule has 4 heterocycles. The minimum atomic E-state index is -0.964. The van der Waals surface area contributed by atoms with E-state index in [9.17, 15) is 9.59 Å². The highest BCUT2D eigenvalue weighted by Gasteiger charge is 2.39. The number of anilines is 2. The van der Waals surface area contributed by atoms with Crippen LogP contribution in [0.5, 0.6) is 0 Å². The van der Waals surface area contributed by atoms with Gasteiger partial charge >= 0.3 is 5.97 Å². The summed E-state index contributed by atoms with van der Waals surface area (Å²) in [6.07, 6.45) is 6.87. The normalized spacial score (nSPS) is 19.2. The highest BCUT2D eigenvalue weighted by molar-refractivity contribution is 5.92. The number of esters is 1. The fourth-order valence-electron chi connectivity index (χ4n) is 5.06. The van der Waals surface area contributed by atoms with Crippen LogP contribution < -0.4 is 15.5 Å². The van der Waals surface area contributed by atoms with Crippen LogP contribution in [0, 0.1) is 0 Å². The fraction of sp³-hybridized carbons (Fsp3) is 0.571. The number of ether oxygens (including phenoxy) is 1. The first-order valence-electron chi connectivity index (χ1n) is 13.3. The molecule has 206 valence electrons. The smallest absolute Gasteiger partial charge is 0.315 e. The quantitative estimate of drug-likeness (QED) is 0.542. The number of rotatable bonds is 7. The lowest BCUT2D eigenvalue weighted by molar-refractivity contribution is -0.158. The van der Waals surface area contributed by atoms with E-state index < -0.39 is 29.3 Å². The average Bonchev–Trinajstić information content (AvgIpc) is 2.87. The highest BCUT2D eigenvalue weighted by Crippen LogP contribution is 2.37. The SMILES string of the molecule is CN1CCN(c2cncc(C(C(N)=O)C(C(=O)OC(C)(C)C)c3cncc(N4CCN(C)CC4)c3)c2)CC1. The molecule has 0 bridgehead atoms. The van der Waals surface area contributed by atoms with Gasteiger partial charge in [0.1, 0.15) is 5.60 Å². The Morgan fingerprint density at radius 1 is 0.763 bits per heavy atom. The van der Waals surface area contributed by atoms with Crippen LogP contribution in [-0.2, 0) is 14.3 Å². The first-order chi connectivity index (χ1) is 18.0. The Labute approximate surface area is 225 Å². The third-order valence-corrected chi connectivity index (χ3v) is 7.25. The summed E-state index contributed by atoms with van der Waals surface area (Å²) < 4.78 is 5.83. The van der Waals surface area contributed by atoms with Crippen molar-refractivity contribution in [2.45, 2.75) is 38.2 Å². The molecule has 10 nitrogen and oxygen atoms in total. The summed E-state index contributed by atoms with van der Waals surface area (Å²) in [4.78, 5) is 44.7. The molecule has 0 aliphatic carbocycles. The largest absolute Gasteiger partial charge is 0.459 e. The number of hydrogen-bond donors (Lipinski definition) is 1. The van der Waals surface area contributed by atoms with E-state index in [-0.39, 0.29) is 0 Å². The number of nitrogens with two attached hydrogens (primary N) is 1. The first-order valence-corrected chi connectivity index (χ1v) is 13.3. The molecule has 2 aliphatic heterocycles. The molecular formula is C28H41N7O3. The van der Waals surface area contributed by atoms with E-state index in [2.05, 4.69) is 43.7 Å². The Bertz CT molecular complexity index is 1120. The molecule has 0 aromatic carbocycles. The number of amides is 1. The summed E-state index contributed by atoms with van der Waals surface area (Å²) in [5.74, 6) is -3.04. The van der Waals surface area contributed by atoms with Crippen LogP contribution in [0.3, 0.4) is 0 Å². The molecule has 2 atom stereocenters. The zero-order valence-corrected chi connectivity index (χ0v) is 23.3. The maximum atomic E-state index is 13.7. The van der Waals surface area contributed by atoms with Crippen LogP contribution in [0.1, 0.15) is 43.7 Å². The van der Waals surface area contributed by atoms with Crippen molar-refractivity contribution in [2.24, 2.45) is 5.73 Å². The Kier molecular flexibility index (Phi) is 8.52. The highest BCUT2D eigenvalue weighted by atomic mass is 16.6. The lowest BCUT2D eigenvalue weighted by Crippen LogP contribution is -2.44. The molecule has 2 fully saturated rings. The summed E-state index contributed by atoms with van der Waals surface area (Å²) >= 11 is 0. The van der Waals surface area contributed by atoms with Gasteiger partial charge in [-0.2, -0.15) is 0 Å². The average molecular weight is 524 g/mol. The number of likely N-dealkylation sites (N-methyl/N-ethyl adjacent to an activating group) is 2. The van der Waals surface area contributed by atoms with E-state index in [0.29, 0.717) is 11.1 Å². The van der Waals surface area contributed by atoms with Gasteiger partial charge in [-0.05, 0) is 58.1 Å². The van der Waals surface area contributed by atoms with Crippen molar-refractivity contribution in [3.8, 4) is 0 Å². The number of piperazine rings is 2. The molecular weight excluding hydrogens is 482 g/mol. The molecule has 0 radical (unpaired) electrons. The molecule has 0 saturated carbocycles. The Morgan fingerprint density at radius 3 is 1.58 bits per heavy atom. The lowest BCUT2D eigenvalue weighted by atomic mass is 9.81. The summed E-state index contributed by atoms with van der Waals surface area (Å²) in [7, 11) is 4.21. The molecule has 2 aromatic heterocycles. The maximum absolute atomic E-state index is 13.7. The standard InChI is InChI=1S/C28H41N7O3/c1-28(2,3)38-27(37)25(21-15-23(19-31-17-21)35-12-8-33(5)9-13-35)24(26(29)36)20-14-22(18-30-16-20)34-10-6-32(4)7-11-34/h14-19,24-25H,6-13H2,1-5H3,(H2,29,36). The second-order valence-electron chi connectivity index (χ2n) is 11.4. The van der Waals surface area contributed by atoms with E-state index in [1.165, 1.54) is 0 Å². The molecule has 4 rings (SSSR count). The zero-order chi connectivity index (χ0) is 27.4. The second-order valence-corrected chi connectivity index (χ2v) is 11.4. The first kappa shape index (κ1) is 27.8. The molecule has 2 saturated heterocycles. The number of carbonyl (C=O) groups excluding carboxylic acids is 2. The number of pyridine rings is 2. The molecule has 1 amide bonds. The summed E-state index contributed by atoms with van der Waals surface area (Å²) in [5.41, 5.74) is 8.30. The van der Waals surface area contributed by atoms with Gasteiger partial charge in [0.2, 0.25) is 5.91 Å². The Hall–Kier alpha value is -3.24. The number of carbonyl (C=O) groups is 2. The Morgan fingerprint density at radius 2 is 1.18 bits per heavy atom. The van der Waals surface area contributed by atoms with Gasteiger partial charge in [-0.25, -0.2) is 0 Å². The van der Waals surface area contributed by atoms with Crippen molar-refractivity contribution >= 4 is 23.3 Å². The van der Waals surface area contributed by atoms with Crippen LogP contribution in [0.25, 0.3) is 0 Å². The second kappa shape index (κ2) is 11.7. The number of hydrogen-bond acceptors (Lipinski definition) is 9. The van der Waals surface area contributed by atoms with E-state index in [4.69, 9.17) is 10.5 Å². The molecule has 10 heteroatoms. The van der Waals surface area contributed by atoms with Gasteiger partial charge in [0.05, 0.1) is 35.6 Å². The predicted molar refractivity (Wildman–Crippen MR) is 148 cm³/mol. The summed E-state index contributed by atoms with van der Waals surface area (Å²) in [6.45, 7) is 12.6. The van der Waals surface area contributed by atoms with Crippen LogP contribution in [0.15, 0.2) is 36.9 Å². The third kappa shape index (κ3) is 6.79. The zero-order valence-electron chi connectivity index (χ0n) is 23.3. The van der Waals surface area contributed by atoms with Crippen molar-refractivity contribution in [1.82, 2.24) is 19.8 Å². The fourth-order valence-corrected chi connectivity index (χ4v) is 5.06. The van der Waals surface area contributed by atoms with Gasteiger partial charge in [-0.15, -0.1) is 0 Å².